The molecule has 0 aromatic carbocycles. The van der Waals surface area contributed by atoms with Gasteiger partial charge in [0, 0.05) is 5.92 Å². The van der Waals surface area contributed by atoms with Gasteiger partial charge in [-0.1, -0.05) is 13.8 Å². The molecule has 86 valence electrons. The van der Waals surface area contributed by atoms with E-state index in [1.807, 2.05) is 0 Å². The van der Waals surface area contributed by atoms with Gasteiger partial charge in [0.1, 0.15) is 11.8 Å². The first-order valence-electron chi connectivity index (χ1n) is 5.07. The van der Waals surface area contributed by atoms with E-state index in [0.717, 1.165) is 0 Å². The molecule has 0 aromatic heterocycles. The van der Waals surface area contributed by atoms with Crippen LogP contribution in [0, 0.1) is 5.92 Å². The van der Waals surface area contributed by atoms with E-state index in [1.165, 1.54) is 6.26 Å². The fourth-order valence-electron chi connectivity index (χ4n) is 0.893. The minimum atomic E-state index is -0.621. The lowest BCUT2D eigenvalue weighted by atomic mass is 10.0. The fourth-order valence-corrected chi connectivity index (χ4v) is 0.893. The van der Waals surface area contributed by atoms with Crippen molar-refractivity contribution in [2.75, 3.05) is 13.2 Å². The van der Waals surface area contributed by atoms with Crippen molar-refractivity contribution in [2.45, 2.75) is 27.7 Å². The third-order valence-corrected chi connectivity index (χ3v) is 1.65. The summed E-state index contributed by atoms with van der Waals surface area (Å²) in [5.41, 5.74) is -0.0197. The summed E-state index contributed by atoms with van der Waals surface area (Å²) in [5, 5.41) is 0. The predicted octanol–water partition coefficient (Wildman–Crippen LogP) is 1.70. The Hall–Kier alpha value is -1.32. The second kappa shape index (κ2) is 7.04. The van der Waals surface area contributed by atoms with Crippen molar-refractivity contribution in [2.24, 2.45) is 5.92 Å². The number of carbonyl (C=O) groups is 2. The first-order valence-corrected chi connectivity index (χ1v) is 5.07. The lowest BCUT2D eigenvalue weighted by molar-refractivity contribution is -0.140. The minimum Gasteiger partial charge on any atom is -0.500 e. The summed E-state index contributed by atoms with van der Waals surface area (Å²) in [6, 6.07) is 0. The van der Waals surface area contributed by atoms with Crippen molar-refractivity contribution in [3.8, 4) is 0 Å². The third-order valence-electron chi connectivity index (χ3n) is 1.65. The first-order chi connectivity index (χ1) is 7.04. The molecule has 0 unspecified atom stereocenters. The van der Waals surface area contributed by atoms with Gasteiger partial charge in [-0.05, 0) is 13.8 Å². The van der Waals surface area contributed by atoms with Crippen molar-refractivity contribution in [3.05, 3.63) is 11.8 Å². The Kier molecular flexibility index (Phi) is 6.42. The van der Waals surface area contributed by atoms with Crippen LogP contribution in [0.15, 0.2) is 11.8 Å². The Balaban J connectivity index is 4.73. The van der Waals surface area contributed by atoms with Crippen LogP contribution in [0.5, 0.6) is 0 Å². The van der Waals surface area contributed by atoms with Crippen LogP contribution in [0.4, 0.5) is 0 Å². The summed E-state index contributed by atoms with van der Waals surface area (Å²) in [4.78, 5) is 23.0. The van der Waals surface area contributed by atoms with Crippen molar-refractivity contribution >= 4 is 11.8 Å². The molecule has 0 N–H and O–H groups in total. The molecule has 0 rings (SSSR count). The molecule has 0 aliphatic carbocycles. The monoisotopic (exact) mass is 214 g/mol. The van der Waals surface area contributed by atoms with Gasteiger partial charge >= 0.3 is 5.97 Å². The molecule has 0 heterocycles. The fraction of sp³-hybridized carbons (Fsp3) is 0.636. The van der Waals surface area contributed by atoms with Crippen LogP contribution in [0.2, 0.25) is 0 Å². The van der Waals surface area contributed by atoms with Gasteiger partial charge in [-0.3, -0.25) is 4.79 Å². The first kappa shape index (κ1) is 13.7. The number of rotatable bonds is 6. The van der Waals surface area contributed by atoms with Gasteiger partial charge in [-0.25, -0.2) is 4.79 Å². The molecule has 0 bridgehead atoms. The van der Waals surface area contributed by atoms with Gasteiger partial charge in [-0.2, -0.15) is 0 Å². The van der Waals surface area contributed by atoms with E-state index in [9.17, 15) is 9.59 Å². The van der Waals surface area contributed by atoms with E-state index in [4.69, 9.17) is 9.47 Å². The summed E-state index contributed by atoms with van der Waals surface area (Å²) in [6.07, 6.45) is 1.18. The molecule has 0 fully saturated rings. The van der Waals surface area contributed by atoms with E-state index in [1.54, 1.807) is 27.7 Å². The Morgan fingerprint density at radius 2 is 1.80 bits per heavy atom. The van der Waals surface area contributed by atoms with E-state index in [0.29, 0.717) is 6.61 Å². The van der Waals surface area contributed by atoms with Gasteiger partial charge in [0.25, 0.3) is 0 Å². The quantitative estimate of drug-likeness (QED) is 0.222. The minimum absolute atomic E-state index is 0.0197. The van der Waals surface area contributed by atoms with Crippen LogP contribution in [-0.4, -0.2) is 25.0 Å². The molecule has 0 saturated heterocycles. The van der Waals surface area contributed by atoms with Crippen LogP contribution < -0.4 is 0 Å². The number of esters is 1. The van der Waals surface area contributed by atoms with Crippen molar-refractivity contribution in [1.29, 1.82) is 0 Å². The maximum atomic E-state index is 11.6. The summed E-state index contributed by atoms with van der Waals surface area (Å²) < 4.78 is 9.72. The normalized spacial score (nSPS) is 11.4. The zero-order valence-electron chi connectivity index (χ0n) is 9.70. The number of ether oxygens (including phenoxy) is 2. The Morgan fingerprint density at radius 1 is 1.20 bits per heavy atom. The van der Waals surface area contributed by atoms with Crippen LogP contribution in [0.1, 0.15) is 27.7 Å². The molecule has 15 heavy (non-hydrogen) atoms. The average Bonchev–Trinajstić information content (AvgIpc) is 2.18. The third kappa shape index (κ3) is 4.63. The number of hydrogen-bond donors (Lipinski definition) is 0. The lowest BCUT2D eigenvalue weighted by Crippen LogP contribution is -2.20. The van der Waals surface area contributed by atoms with Gasteiger partial charge in [-0.15, -0.1) is 0 Å². The van der Waals surface area contributed by atoms with E-state index >= 15 is 0 Å². The number of hydrogen-bond acceptors (Lipinski definition) is 4. The highest BCUT2D eigenvalue weighted by atomic mass is 16.5. The van der Waals surface area contributed by atoms with Gasteiger partial charge in [0.05, 0.1) is 13.2 Å². The van der Waals surface area contributed by atoms with Gasteiger partial charge < -0.3 is 9.47 Å². The topological polar surface area (TPSA) is 52.6 Å². The molecule has 4 heteroatoms. The Bertz CT molecular complexity index is 253. The smallest absolute Gasteiger partial charge is 0.344 e. The molecule has 0 radical (unpaired) electrons. The highest BCUT2D eigenvalue weighted by molar-refractivity contribution is 6.17. The molecule has 0 aliphatic rings. The highest BCUT2D eigenvalue weighted by Gasteiger charge is 2.22. The summed E-state index contributed by atoms with van der Waals surface area (Å²) in [5.74, 6) is -1.13. The zero-order valence-corrected chi connectivity index (χ0v) is 9.70. The molecule has 0 amide bonds. The standard InChI is InChI=1S/C11H18O4/c1-5-14-7-9(10(12)8(3)4)11(13)15-6-2/h7-8H,5-6H2,1-4H3/b9-7+. The largest absolute Gasteiger partial charge is 0.500 e. The average molecular weight is 214 g/mol. The molecule has 0 aliphatic heterocycles. The maximum Gasteiger partial charge on any atom is 0.344 e. The number of carbonyl (C=O) groups excluding carboxylic acids is 2. The summed E-state index contributed by atoms with van der Waals surface area (Å²) >= 11 is 0. The van der Waals surface area contributed by atoms with Gasteiger partial charge in [0.15, 0.2) is 5.78 Å². The second-order valence-electron chi connectivity index (χ2n) is 3.23. The van der Waals surface area contributed by atoms with E-state index in [-0.39, 0.29) is 23.9 Å². The number of Topliss-reactive ketones (excluding diaryl/α,β-unsaturated/α-hetero) is 1. The summed E-state index contributed by atoms with van der Waals surface area (Å²) in [6.45, 7) is 7.57. The summed E-state index contributed by atoms with van der Waals surface area (Å²) in [7, 11) is 0. The van der Waals surface area contributed by atoms with Crippen LogP contribution >= 0.6 is 0 Å². The maximum absolute atomic E-state index is 11.6. The SMILES string of the molecule is CCO/C=C(/C(=O)OCC)C(=O)C(C)C. The van der Waals surface area contributed by atoms with Crippen molar-refractivity contribution < 1.29 is 19.1 Å². The van der Waals surface area contributed by atoms with Crippen LogP contribution in [0.25, 0.3) is 0 Å². The Labute approximate surface area is 90.2 Å². The Morgan fingerprint density at radius 3 is 2.20 bits per heavy atom. The molecule has 0 saturated carbocycles. The molecule has 4 nitrogen and oxygen atoms in total. The predicted molar refractivity (Wildman–Crippen MR) is 56.2 cm³/mol. The molecule has 0 atom stereocenters. The van der Waals surface area contributed by atoms with Crippen molar-refractivity contribution in [1.82, 2.24) is 0 Å². The van der Waals surface area contributed by atoms with Gasteiger partial charge in [0.2, 0.25) is 0 Å². The highest BCUT2D eigenvalue weighted by Crippen LogP contribution is 2.08. The van der Waals surface area contributed by atoms with E-state index < -0.39 is 5.97 Å². The van der Waals surface area contributed by atoms with E-state index in [2.05, 4.69) is 0 Å². The molecule has 0 aromatic rings. The second-order valence-corrected chi connectivity index (χ2v) is 3.23. The molecule has 0 spiro atoms. The number of ketones is 1. The molecular formula is C11H18O4. The zero-order chi connectivity index (χ0) is 11.8. The molecular weight excluding hydrogens is 196 g/mol. The lowest BCUT2D eigenvalue weighted by Gasteiger charge is -2.08. The van der Waals surface area contributed by atoms with Crippen LogP contribution in [-0.2, 0) is 19.1 Å². The van der Waals surface area contributed by atoms with Crippen LogP contribution in [0.3, 0.4) is 0 Å². The van der Waals surface area contributed by atoms with Crippen molar-refractivity contribution in [3.63, 3.8) is 0 Å².